The Kier molecular flexibility index (Phi) is 6.21. The van der Waals surface area contributed by atoms with Crippen LogP contribution in [0.3, 0.4) is 0 Å². The SMILES string of the molecule is C=C[C@H]1CN2CC[C@H]1C[C@@H]2[C@@H](NC(=S)NC[C@H]1CCCN1)c1ccnc2ccccc12. The second-order valence-corrected chi connectivity index (χ2v) is 9.70. The van der Waals surface area contributed by atoms with Crippen molar-refractivity contribution in [2.75, 3.05) is 26.2 Å². The second kappa shape index (κ2) is 9.23. The predicted molar refractivity (Wildman–Crippen MR) is 131 cm³/mol. The lowest BCUT2D eigenvalue weighted by molar-refractivity contribution is 0.00430. The summed E-state index contributed by atoms with van der Waals surface area (Å²) >= 11 is 5.79. The van der Waals surface area contributed by atoms with E-state index < -0.39 is 0 Å². The van der Waals surface area contributed by atoms with Crippen molar-refractivity contribution in [2.24, 2.45) is 11.8 Å². The number of thiocarbonyl (C=S) groups is 1. The summed E-state index contributed by atoms with van der Waals surface area (Å²) in [6, 6.07) is 11.7. The van der Waals surface area contributed by atoms with Gasteiger partial charge in [-0.3, -0.25) is 9.88 Å². The van der Waals surface area contributed by atoms with E-state index in [2.05, 4.69) is 68.8 Å². The highest BCUT2D eigenvalue weighted by Crippen LogP contribution is 2.42. The van der Waals surface area contributed by atoms with E-state index in [1.807, 2.05) is 6.20 Å². The summed E-state index contributed by atoms with van der Waals surface area (Å²) < 4.78 is 0. The lowest BCUT2D eigenvalue weighted by Crippen LogP contribution is -2.58. The van der Waals surface area contributed by atoms with Crippen LogP contribution in [0.1, 0.15) is 37.3 Å². The van der Waals surface area contributed by atoms with E-state index in [1.54, 1.807) is 0 Å². The number of para-hydroxylation sites is 1. The van der Waals surface area contributed by atoms with Gasteiger partial charge < -0.3 is 16.0 Å². The van der Waals surface area contributed by atoms with E-state index in [9.17, 15) is 0 Å². The molecule has 1 aromatic heterocycles. The number of hydrogen-bond donors (Lipinski definition) is 3. The van der Waals surface area contributed by atoms with Gasteiger partial charge in [-0.15, -0.1) is 6.58 Å². The van der Waals surface area contributed by atoms with Crippen molar-refractivity contribution >= 4 is 28.2 Å². The molecule has 4 fully saturated rings. The Morgan fingerprint density at radius 1 is 1.32 bits per heavy atom. The molecule has 4 aliphatic rings. The minimum atomic E-state index is 0.137. The predicted octanol–water partition coefficient (Wildman–Crippen LogP) is 3.39. The topological polar surface area (TPSA) is 52.2 Å². The summed E-state index contributed by atoms with van der Waals surface area (Å²) in [5.74, 6) is 1.33. The Hall–Kier alpha value is -2.02. The maximum absolute atomic E-state index is 5.79. The van der Waals surface area contributed by atoms with E-state index in [4.69, 9.17) is 12.2 Å². The number of rotatable bonds is 6. The van der Waals surface area contributed by atoms with Gasteiger partial charge in [-0.2, -0.15) is 0 Å². The Morgan fingerprint density at radius 3 is 3.00 bits per heavy atom. The quantitative estimate of drug-likeness (QED) is 0.478. The molecular formula is C25H33N5S. The van der Waals surface area contributed by atoms with Crippen molar-refractivity contribution in [3.63, 3.8) is 0 Å². The van der Waals surface area contributed by atoms with Gasteiger partial charge >= 0.3 is 0 Å². The van der Waals surface area contributed by atoms with Crippen LogP contribution in [0, 0.1) is 11.8 Å². The second-order valence-electron chi connectivity index (χ2n) is 9.29. The Balaban J connectivity index is 1.41. The molecule has 0 aliphatic carbocycles. The van der Waals surface area contributed by atoms with Crippen LogP contribution in [0.4, 0.5) is 0 Å². The van der Waals surface area contributed by atoms with Gasteiger partial charge in [0.25, 0.3) is 0 Å². The van der Waals surface area contributed by atoms with Gasteiger partial charge in [-0.05, 0) is 80.5 Å². The first kappa shape index (κ1) is 20.9. The van der Waals surface area contributed by atoms with Crippen molar-refractivity contribution in [2.45, 2.75) is 43.8 Å². The summed E-state index contributed by atoms with van der Waals surface area (Å²) in [6.07, 6.45) is 9.02. The normalized spacial score (nSPS) is 30.8. The highest BCUT2D eigenvalue weighted by molar-refractivity contribution is 7.80. The average molecular weight is 436 g/mol. The molecule has 0 amide bonds. The van der Waals surface area contributed by atoms with Crippen molar-refractivity contribution in [3.8, 4) is 0 Å². The summed E-state index contributed by atoms with van der Waals surface area (Å²) in [7, 11) is 0. The molecule has 4 saturated heterocycles. The fraction of sp³-hybridized carbons (Fsp3) is 0.520. The van der Waals surface area contributed by atoms with E-state index >= 15 is 0 Å². The summed E-state index contributed by atoms with van der Waals surface area (Å²) in [5.41, 5.74) is 2.34. The summed E-state index contributed by atoms with van der Waals surface area (Å²) in [4.78, 5) is 7.25. The van der Waals surface area contributed by atoms with Gasteiger partial charge in [0, 0.05) is 36.8 Å². The van der Waals surface area contributed by atoms with Gasteiger partial charge in [0.1, 0.15) is 0 Å². The number of nitrogens with zero attached hydrogens (tertiary/aromatic N) is 2. The number of fused-ring (bicyclic) bond motifs is 4. The number of nitrogens with one attached hydrogen (secondary N) is 3. The molecule has 5 heterocycles. The molecule has 1 aromatic carbocycles. The van der Waals surface area contributed by atoms with Crippen LogP contribution < -0.4 is 16.0 Å². The zero-order chi connectivity index (χ0) is 21.2. The van der Waals surface area contributed by atoms with Gasteiger partial charge in [0.05, 0.1) is 11.6 Å². The first-order chi connectivity index (χ1) is 15.2. The standard InChI is InChI=1S/C25H33N5S/c1-2-17-16-30-13-10-18(17)14-23(30)24(29-25(31)28-15-19-6-5-11-26-19)21-9-12-27-22-8-4-3-7-20(21)22/h2-4,7-9,12,17-19,23-24,26H,1,5-6,10-11,13-16H2,(H2,28,29,31)/t17-,18-,19+,23+,24-/m0/s1. The highest BCUT2D eigenvalue weighted by atomic mass is 32.1. The molecule has 2 bridgehead atoms. The van der Waals surface area contributed by atoms with Gasteiger partial charge in [0.15, 0.2) is 5.11 Å². The van der Waals surface area contributed by atoms with Crippen LogP contribution in [0.2, 0.25) is 0 Å². The fourth-order valence-corrected chi connectivity index (χ4v) is 6.04. The summed E-state index contributed by atoms with van der Waals surface area (Å²) in [6.45, 7) is 8.35. The first-order valence-electron chi connectivity index (χ1n) is 11.7. The molecule has 6 atom stereocenters. The van der Waals surface area contributed by atoms with Crippen LogP contribution in [0.5, 0.6) is 0 Å². The molecule has 5 nitrogen and oxygen atoms in total. The van der Waals surface area contributed by atoms with Crippen molar-refractivity contribution in [1.82, 2.24) is 25.8 Å². The molecule has 3 N–H and O–H groups in total. The zero-order valence-corrected chi connectivity index (χ0v) is 18.9. The van der Waals surface area contributed by atoms with Crippen molar-refractivity contribution in [3.05, 3.63) is 54.7 Å². The Labute approximate surface area is 190 Å². The molecule has 31 heavy (non-hydrogen) atoms. The monoisotopic (exact) mass is 435 g/mol. The smallest absolute Gasteiger partial charge is 0.166 e. The largest absolute Gasteiger partial charge is 0.361 e. The molecule has 6 heteroatoms. The van der Waals surface area contributed by atoms with Crippen LogP contribution in [-0.4, -0.2) is 53.3 Å². The summed E-state index contributed by atoms with van der Waals surface area (Å²) in [5, 5.41) is 12.7. The molecule has 164 valence electrons. The molecule has 0 saturated carbocycles. The maximum atomic E-state index is 5.79. The van der Waals surface area contributed by atoms with Crippen LogP contribution >= 0.6 is 12.2 Å². The first-order valence-corrected chi connectivity index (χ1v) is 12.1. The Bertz CT molecular complexity index is 935. The maximum Gasteiger partial charge on any atom is 0.166 e. The molecule has 1 unspecified atom stereocenters. The third-order valence-electron chi connectivity index (χ3n) is 7.51. The van der Waals surface area contributed by atoms with Crippen molar-refractivity contribution in [1.29, 1.82) is 0 Å². The minimum Gasteiger partial charge on any atom is -0.361 e. The highest BCUT2D eigenvalue weighted by Gasteiger charge is 2.43. The number of aromatic nitrogens is 1. The van der Waals surface area contributed by atoms with Crippen LogP contribution in [0.15, 0.2) is 49.2 Å². The molecule has 0 radical (unpaired) electrons. The third-order valence-corrected chi connectivity index (χ3v) is 7.78. The van der Waals surface area contributed by atoms with Crippen molar-refractivity contribution < 1.29 is 0 Å². The van der Waals surface area contributed by atoms with Crippen LogP contribution in [-0.2, 0) is 0 Å². The zero-order valence-electron chi connectivity index (χ0n) is 18.1. The minimum absolute atomic E-state index is 0.137. The molecular weight excluding hydrogens is 402 g/mol. The Morgan fingerprint density at radius 2 is 2.23 bits per heavy atom. The number of pyridine rings is 1. The molecule has 4 aliphatic heterocycles. The number of benzene rings is 1. The van der Waals surface area contributed by atoms with Gasteiger partial charge in [-0.1, -0.05) is 24.3 Å². The van der Waals surface area contributed by atoms with E-state index in [1.165, 1.54) is 36.6 Å². The third kappa shape index (κ3) is 4.34. The number of hydrogen-bond acceptors (Lipinski definition) is 4. The van der Waals surface area contributed by atoms with Gasteiger partial charge in [0.2, 0.25) is 0 Å². The lowest BCUT2D eigenvalue weighted by atomic mass is 9.73. The molecule has 6 rings (SSSR count). The molecule has 2 aromatic rings. The number of piperidine rings is 3. The van der Waals surface area contributed by atoms with Crippen LogP contribution in [0.25, 0.3) is 10.9 Å². The van der Waals surface area contributed by atoms with E-state index in [-0.39, 0.29) is 6.04 Å². The van der Waals surface area contributed by atoms with E-state index in [0.29, 0.717) is 23.9 Å². The fourth-order valence-electron chi connectivity index (χ4n) is 5.83. The lowest BCUT2D eigenvalue weighted by Gasteiger charge is -2.52. The van der Waals surface area contributed by atoms with E-state index in [0.717, 1.165) is 36.8 Å². The van der Waals surface area contributed by atoms with Gasteiger partial charge in [-0.25, -0.2) is 0 Å². The molecule has 0 spiro atoms. The average Bonchev–Trinajstić information content (AvgIpc) is 3.35.